The number of halogens is 1. The van der Waals surface area contributed by atoms with Crippen molar-refractivity contribution in [2.24, 2.45) is 5.41 Å². The molecule has 8 nitrogen and oxygen atoms in total. The summed E-state index contributed by atoms with van der Waals surface area (Å²) in [5.41, 5.74) is 0.926. The van der Waals surface area contributed by atoms with E-state index in [1.165, 1.54) is 63.2 Å². The molecule has 0 fully saturated rings. The predicted octanol–water partition coefficient (Wildman–Crippen LogP) is 7.56. The Morgan fingerprint density at radius 2 is 0.955 bits per heavy atom. The molecule has 44 heavy (non-hydrogen) atoms. The van der Waals surface area contributed by atoms with Crippen LogP contribution in [0.2, 0.25) is 0 Å². The summed E-state index contributed by atoms with van der Waals surface area (Å²) in [6.45, 7) is 20.1. The SMILES string of the molecule is C=C(C)C(=O)Oc1ccc(-c2ccc(-c3ccc(OC(=O)C(C)(C)C)c(OC(=O)C(=C)C)c3)cc2F)cc1OC(=O)C(=C)C. The molecule has 0 saturated carbocycles. The van der Waals surface area contributed by atoms with E-state index in [1.54, 1.807) is 32.9 Å². The largest absolute Gasteiger partial charge is 0.422 e. The van der Waals surface area contributed by atoms with Gasteiger partial charge in [-0.25, -0.2) is 18.8 Å². The Labute approximate surface area is 255 Å². The Balaban J connectivity index is 2.03. The van der Waals surface area contributed by atoms with E-state index >= 15 is 4.39 Å². The number of hydrogen-bond donors (Lipinski definition) is 0. The summed E-state index contributed by atoms with van der Waals surface area (Å²) in [7, 11) is 0. The monoisotopic (exact) mass is 600 g/mol. The van der Waals surface area contributed by atoms with E-state index in [0.717, 1.165) is 0 Å². The van der Waals surface area contributed by atoms with Crippen molar-refractivity contribution < 1.29 is 42.5 Å². The van der Waals surface area contributed by atoms with Gasteiger partial charge in [-0.3, -0.25) is 4.79 Å². The molecule has 0 heterocycles. The highest BCUT2D eigenvalue weighted by molar-refractivity contribution is 5.92. The fourth-order valence-corrected chi connectivity index (χ4v) is 3.43. The van der Waals surface area contributed by atoms with Crippen LogP contribution in [0.1, 0.15) is 41.5 Å². The zero-order valence-corrected chi connectivity index (χ0v) is 25.5. The first-order chi connectivity index (χ1) is 20.5. The number of carbonyl (C=O) groups excluding carboxylic acids is 4. The Bertz CT molecular complexity index is 1710. The number of carbonyl (C=O) groups is 4. The second-order valence-corrected chi connectivity index (χ2v) is 11.2. The summed E-state index contributed by atoms with van der Waals surface area (Å²) < 4.78 is 37.1. The second kappa shape index (κ2) is 13.3. The van der Waals surface area contributed by atoms with Crippen LogP contribution in [0.5, 0.6) is 23.0 Å². The summed E-state index contributed by atoms with van der Waals surface area (Å²) in [5, 5.41) is 0. The van der Waals surface area contributed by atoms with Gasteiger partial charge in [0.25, 0.3) is 0 Å². The third-order valence-electron chi connectivity index (χ3n) is 5.97. The van der Waals surface area contributed by atoms with Crippen molar-refractivity contribution in [3.63, 3.8) is 0 Å². The van der Waals surface area contributed by atoms with E-state index in [4.69, 9.17) is 18.9 Å². The highest BCUT2D eigenvalue weighted by atomic mass is 19.1. The van der Waals surface area contributed by atoms with Crippen LogP contribution < -0.4 is 18.9 Å². The van der Waals surface area contributed by atoms with Crippen molar-refractivity contribution in [3.8, 4) is 45.3 Å². The van der Waals surface area contributed by atoms with Crippen LogP contribution >= 0.6 is 0 Å². The molecule has 0 saturated heterocycles. The van der Waals surface area contributed by atoms with E-state index in [9.17, 15) is 19.2 Å². The molecular formula is C35H33FO8. The van der Waals surface area contributed by atoms with Crippen molar-refractivity contribution >= 4 is 23.9 Å². The van der Waals surface area contributed by atoms with Crippen molar-refractivity contribution in [1.29, 1.82) is 0 Å². The van der Waals surface area contributed by atoms with Crippen LogP contribution in [0.15, 0.2) is 91.1 Å². The molecular weight excluding hydrogens is 567 g/mol. The van der Waals surface area contributed by atoms with Gasteiger partial charge >= 0.3 is 23.9 Å². The molecule has 9 heteroatoms. The number of rotatable bonds is 9. The van der Waals surface area contributed by atoms with Crippen LogP contribution in [0, 0.1) is 11.2 Å². The summed E-state index contributed by atoms with van der Waals surface area (Å²) in [6.07, 6.45) is 0. The average Bonchev–Trinajstić information content (AvgIpc) is 2.93. The lowest BCUT2D eigenvalue weighted by Crippen LogP contribution is -2.26. The quantitative estimate of drug-likeness (QED) is 0.141. The molecule has 0 spiro atoms. The minimum absolute atomic E-state index is 0.0182. The highest BCUT2D eigenvalue weighted by Gasteiger charge is 2.26. The second-order valence-electron chi connectivity index (χ2n) is 11.2. The summed E-state index contributed by atoms with van der Waals surface area (Å²) in [5.74, 6) is -3.57. The Morgan fingerprint density at radius 1 is 0.568 bits per heavy atom. The fourth-order valence-electron chi connectivity index (χ4n) is 3.43. The van der Waals surface area contributed by atoms with Gasteiger partial charge in [0, 0.05) is 22.3 Å². The molecule has 0 aromatic heterocycles. The molecule has 0 aliphatic heterocycles. The normalized spacial score (nSPS) is 10.8. The first-order valence-electron chi connectivity index (χ1n) is 13.4. The molecule has 0 N–H and O–H groups in total. The van der Waals surface area contributed by atoms with Crippen LogP contribution in [-0.2, 0) is 19.2 Å². The Hall–Kier alpha value is -5.31. The average molecular weight is 601 g/mol. The highest BCUT2D eigenvalue weighted by Crippen LogP contribution is 2.38. The van der Waals surface area contributed by atoms with Crippen molar-refractivity contribution in [2.75, 3.05) is 0 Å². The molecule has 3 aromatic rings. The lowest BCUT2D eigenvalue weighted by Gasteiger charge is -2.18. The van der Waals surface area contributed by atoms with E-state index in [2.05, 4.69) is 19.7 Å². The third kappa shape index (κ3) is 8.16. The van der Waals surface area contributed by atoms with Crippen molar-refractivity contribution in [3.05, 3.63) is 96.9 Å². The van der Waals surface area contributed by atoms with Crippen LogP contribution in [0.4, 0.5) is 4.39 Å². The molecule has 3 rings (SSSR count). The van der Waals surface area contributed by atoms with Gasteiger partial charge in [-0.15, -0.1) is 0 Å². The van der Waals surface area contributed by atoms with Gasteiger partial charge in [0.15, 0.2) is 23.0 Å². The topological polar surface area (TPSA) is 105 Å². The maximum atomic E-state index is 15.6. The van der Waals surface area contributed by atoms with Crippen LogP contribution in [0.25, 0.3) is 22.3 Å². The van der Waals surface area contributed by atoms with E-state index in [1.807, 2.05) is 0 Å². The molecule has 0 bridgehead atoms. The fraction of sp³-hybridized carbons (Fsp3) is 0.200. The summed E-state index contributed by atoms with van der Waals surface area (Å²) in [4.78, 5) is 49.2. The lowest BCUT2D eigenvalue weighted by molar-refractivity contribution is -0.143. The smallest absolute Gasteiger partial charge is 0.338 e. The molecule has 228 valence electrons. The molecule has 3 aromatic carbocycles. The zero-order chi connectivity index (χ0) is 32.9. The molecule has 0 aliphatic rings. The third-order valence-corrected chi connectivity index (χ3v) is 5.97. The number of ether oxygens (including phenoxy) is 4. The van der Waals surface area contributed by atoms with E-state index < -0.39 is 35.1 Å². The van der Waals surface area contributed by atoms with E-state index in [0.29, 0.717) is 16.7 Å². The number of benzene rings is 3. The van der Waals surface area contributed by atoms with Crippen molar-refractivity contribution in [2.45, 2.75) is 41.5 Å². The first kappa shape index (κ1) is 33.2. The minimum atomic E-state index is -0.819. The Morgan fingerprint density at radius 3 is 1.41 bits per heavy atom. The molecule has 0 aliphatic carbocycles. The Kier molecular flexibility index (Phi) is 10.1. The molecule has 0 atom stereocenters. The van der Waals surface area contributed by atoms with Gasteiger partial charge in [-0.1, -0.05) is 44.0 Å². The number of esters is 4. The maximum absolute atomic E-state index is 15.6. The van der Waals surface area contributed by atoms with Gasteiger partial charge in [-0.2, -0.15) is 0 Å². The lowest BCUT2D eigenvalue weighted by atomic mass is 9.97. The van der Waals surface area contributed by atoms with Gasteiger partial charge in [0.1, 0.15) is 5.82 Å². The van der Waals surface area contributed by atoms with Gasteiger partial charge in [0.05, 0.1) is 5.41 Å². The first-order valence-corrected chi connectivity index (χ1v) is 13.4. The van der Waals surface area contributed by atoms with E-state index in [-0.39, 0.29) is 45.3 Å². The zero-order valence-electron chi connectivity index (χ0n) is 25.5. The molecule has 0 amide bonds. The maximum Gasteiger partial charge on any atom is 0.338 e. The molecule has 0 radical (unpaired) electrons. The van der Waals surface area contributed by atoms with Gasteiger partial charge in [0.2, 0.25) is 0 Å². The summed E-state index contributed by atoms with van der Waals surface area (Å²) in [6, 6.07) is 13.2. The van der Waals surface area contributed by atoms with Crippen molar-refractivity contribution in [1.82, 2.24) is 0 Å². The predicted molar refractivity (Wildman–Crippen MR) is 164 cm³/mol. The summed E-state index contributed by atoms with van der Waals surface area (Å²) >= 11 is 0. The number of hydrogen-bond acceptors (Lipinski definition) is 8. The standard InChI is InChI=1S/C35H33FO8/c1-19(2)31(37)41-27-15-12-24(18-30(27)43-33(39)21(5)6)25-13-10-22(16-26(25)36)23-11-14-28(44-34(40)35(7,8)9)29(17-23)42-32(38)20(3)4/h10-18H,1,3,5H2,2,4,6-9H3. The van der Waals surface area contributed by atoms with Gasteiger partial charge in [-0.05, 0) is 88.6 Å². The van der Waals surface area contributed by atoms with Gasteiger partial charge < -0.3 is 18.9 Å². The minimum Gasteiger partial charge on any atom is -0.422 e. The van der Waals surface area contributed by atoms with Crippen LogP contribution in [-0.4, -0.2) is 23.9 Å². The molecule has 0 unspecified atom stereocenters. The van der Waals surface area contributed by atoms with Crippen LogP contribution in [0.3, 0.4) is 0 Å².